The van der Waals surface area contributed by atoms with Gasteiger partial charge in [0.2, 0.25) is 15.9 Å². The zero-order valence-corrected chi connectivity index (χ0v) is 18.9. The molecule has 0 radical (unpaired) electrons. The molecular weight excluding hydrogens is 426 g/mol. The number of rotatable bonds is 7. The summed E-state index contributed by atoms with van der Waals surface area (Å²) >= 11 is 0. The Hall–Kier alpha value is -2.71. The molecule has 0 aromatic heterocycles. The van der Waals surface area contributed by atoms with Crippen molar-refractivity contribution in [1.29, 1.82) is 0 Å². The van der Waals surface area contributed by atoms with E-state index in [2.05, 4.69) is 10.6 Å². The molecule has 7 nitrogen and oxygen atoms in total. The molecule has 32 heavy (non-hydrogen) atoms. The third kappa shape index (κ3) is 5.55. The Labute approximate surface area is 189 Å². The molecule has 2 aromatic rings. The molecule has 1 aliphatic carbocycles. The Balaban J connectivity index is 1.40. The predicted molar refractivity (Wildman–Crippen MR) is 123 cm³/mol. The maximum Gasteiger partial charge on any atom is 0.251 e. The lowest BCUT2D eigenvalue weighted by atomic mass is 10.1. The smallest absolute Gasteiger partial charge is 0.251 e. The molecular formula is C24H29N3O4S. The van der Waals surface area contributed by atoms with E-state index in [4.69, 9.17) is 0 Å². The van der Waals surface area contributed by atoms with E-state index in [0.29, 0.717) is 24.3 Å². The highest BCUT2D eigenvalue weighted by Crippen LogP contribution is 2.30. The molecule has 1 heterocycles. The monoisotopic (exact) mass is 455 g/mol. The maximum absolute atomic E-state index is 13.0. The van der Waals surface area contributed by atoms with Gasteiger partial charge in [0.25, 0.3) is 5.91 Å². The highest BCUT2D eigenvalue weighted by molar-refractivity contribution is 7.89. The van der Waals surface area contributed by atoms with Gasteiger partial charge < -0.3 is 10.6 Å². The van der Waals surface area contributed by atoms with Gasteiger partial charge in [-0.2, -0.15) is 4.31 Å². The number of nitrogens with zero attached hydrogens (tertiary/aromatic N) is 1. The fourth-order valence-corrected chi connectivity index (χ4v) is 5.43. The van der Waals surface area contributed by atoms with Crippen molar-refractivity contribution < 1.29 is 18.0 Å². The van der Waals surface area contributed by atoms with Crippen LogP contribution in [-0.2, 0) is 21.4 Å². The van der Waals surface area contributed by atoms with Crippen LogP contribution < -0.4 is 10.6 Å². The topological polar surface area (TPSA) is 95.6 Å². The number of hydrogen-bond donors (Lipinski definition) is 2. The lowest BCUT2D eigenvalue weighted by Gasteiger charge is -2.20. The van der Waals surface area contributed by atoms with Gasteiger partial charge in [-0.15, -0.1) is 0 Å². The first-order valence-corrected chi connectivity index (χ1v) is 12.7. The van der Waals surface area contributed by atoms with Crippen molar-refractivity contribution in [3.05, 3.63) is 59.7 Å². The maximum atomic E-state index is 13.0. The molecule has 0 spiro atoms. The molecule has 2 aromatic carbocycles. The Kier molecular flexibility index (Phi) is 6.91. The van der Waals surface area contributed by atoms with Crippen LogP contribution in [-0.4, -0.2) is 37.6 Å². The first-order valence-electron chi connectivity index (χ1n) is 11.2. The third-order valence-corrected chi connectivity index (χ3v) is 7.79. The van der Waals surface area contributed by atoms with Gasteiger partial charge in [-0.1, -0.05) is 31.0 Å². The van der Waals surface area contributed by atoms with Crippen LogP contribution in [0.3, 0.4) is 0 Å². The van der Waals surface area contributed by atoms with Gasteiger partial charge in [-0.25, -0.2) is 8.42 Å². The standard InChI is InChI=1S/C24H29N3O4S/c28-23(25-17-18-7-5-9-21(15-18)26-24(29)19-11-12-19)20-8-6-10-22(16-20)32(30,31)27-13-3-1-2-4-14-27/h5-10,15-16,19H,1-4,11-14,17H2,(H,25,28)(H,26,29). The van der Waals surface area contributed by atoms with Crippen LogP contribution >= 0.6 is 0 Å². The highest BCUT2D eigenvalue weighted by atomic mass is 32.2. The summed E-state index contributed by atoms with van der Waals surface area (Å²) in [6, 6.07) is 13.6. The summed E-state index contributed by atoms with van der Waals surface area (Å²) in [6.07, 6.45) is 5.68. The van der Waals surface area contributed by atoms with Crippen molar-refractivity contribution in [2.45, 2.75) is 50.0 Å². The SMILES string of the molecule is O=C(NCc1cccc(NC(=O)C2CC2)c1)c1cccc(S(=O)(=O)N2CCCCCC2)c1. The van der Waals surface area contributed by atoms with Crippen molar-refractivity contribution >= 4 is 27.5 Å². The first kappa shape index (κ1) is 22.5. The molecule has 4 rings (SSSR count). The fourth-order valence-electron chi connectivity index (χ4n) is 3.86. The van der Waals surface area contributed by atoms with E-state index in [9.17, 15) is 18.0 Å². The minimum absolute atomic E-state index is 0.0358. The number of benzene rings is 2. The van der Waals surface area contributed by atoms with Gasteiger partial charge in [0, 0.05) is 36.8 Å². The molecule has 0 bridgehead atoms. The lowest BCUT2D eigenvalue weighted by molar-refractivity contribution is -0.117. The molecule has 1 saturated heterocycles. The minimum Gasteiger partial charge on any atom is -0.348 e. The number of sulfonamides is 1. The quantitative estimate of drug-likeness (QED) is 0.668. The average molecular weight is 456 g/mol. The summed E-state index contributed by atoms with van der Waals surface area (Å²) in [4.78, 5) is 24.8. The second-order valence-corrected chi connectivity index (χ2v) is 10.4. The van der Waals surface area contributed by atoms with E-state index in [1.54, 1.807) is 18.2 Å². The number of carbonyl (C=O) groups is 2. The molecule has 1 aliphatic heterocycles. The van der Waals surface area contributed by atoms with Gasteiger partial charge >= 0.3 is 0 Å². The number of amides is 2. The Morgan fingerprint density at radius 3 is 2.38 bits per heavy atom. The van der Waals surface area contributed by atoms with Crippen LogP contribution in [0.4, 0.5) is 5.69 Å². The van der Waals surface area contributed by atoms with Crippen LogP contribution in [0.5, 0.6) is 0 Å². The van der Waals surface area contributed by atoms with Gasteiger partial charge in [-0.05, 0) is 61.6 Å². The molecule has 2 amide bonds. The third-order valence-electron chi connectivity index (χ3n) is 5.89. The van der Waals surface area contributed by atoms with Crippen LogP contribution in [0.25, 0.3) is 0 Å². The summed E-state index contributed by atoms with van der Waals surface area (Å²) in [5.74, 6) is -0.185. The molecule has 8 heteroatoms. The lowest BCUT2D eigenvalue weighted by Crippen LogP contribution is -2.32. The van der Waals surface area contributed by atoms with E-state index in [1.807, 2.05) is 24.3 Å². The van der Waals surface area contributed by atoms with Crippen molar-refractivity contribution in [2.75, 3.05) is 18.4 Å². The number of hydrogen-bond acceptors (Lipinski definition) is 4. The highest BCUT2D eigenvalue weighted by Gasteiger charge is 2.29. The van der Waals surface area contributed by atoms with E-state index < -0.39 is 10.0 Å². The second kappa shape index (κ2) is 9.83. The molecule has 2 N–H and O–H groups in total. The number of anilines is 1. The van der Waals surface area contributed by atoms with Crippen molar-refractivity contribution in [3.8, 4) is 0 Å². The predicted octanol–water partition coefficient (Wildman–Crippen LogP) is 3.53. The normalized spacial score (nSPS) is 17.4. The van der Waals surface area contributed by atoms with E-state index in [1.165, 1.54) is 10.4 Å². The van der Waals surface area contributed by atoms with Gasteiger partial charge in [0.1, 0.15) is 0 Å². The van der Waals surface area contributed by atoms with Crippen LogP contribution in [0.2, 0.25) is 0 Å². The number of carbonyl (C=O) groups excluding carboxylic acids is 2. The van der Waals surface area contributed by atoms with Crippen LogP contribution in [0.1, 0.15) is 54.4 Å². The summed E-state index contributed by atoms with van der Waals surface area (Å²) in [5.41, 5.74) is 1.86. The molecule has 170 valence electrons. The Bertz CT molecular complexity index is 1090. The van der Waals surface area contributed by atoms with Crippen molar-refractivity contribution in [1.82, 2.24) is 9.62 Å². The average Bonchev–Trinajstić information content (AvgIpc) is 3.65. The summed E-state index contributed by atoms with van der Waals surface area (Å²) in [7, 11) is -3.61. The van der Waals surface area contributed by atoms with Crippen LogP contribution in [0, 0.1) is 5.92 Å². The van der Waals surface area contributed by atoms with Gasteiger partial charge in [-0.3, -0.25) is 9.59 Å². The van der Waals surface area contributed by atoms with E-state index in [-0.39, 0.29) is 29.2 Å². The number of nitrogens with one attached hydrogen (secondary N) is 2. The first-order chi connectivity index (χ1) is 15.4. The zero-order valence-electron chi connectivity index (χ0n) is 18.0. The van der Waals surface area contributed by atoms with Crippen molar-refractivity contribution in [2.24, 2.45) is 5.92 Å². The van der Waals surface area contributed by atoms with E-state index >= 15 is 0 Å². The Morgan fingerprint density at radius 1 is 0.938 bits per heavy atom. The fraction of sp³-hybridized carbons (Fsp3) is 0.417. The zero-order chi connectivity index (χ0) is 22.6. The minimum atomic E-state index is -3.61. The Morgan fingerprint density at radius 2 is 1.66 bits per heavy atom. The molecule has 0 unspecified atom stereocenters. The second-order valence-electron chi connectivity index (χ2n) is 8.49. The summed E-state index contributed by atoms with van der Waals surface area (Å²) in [6.45, 7) is 1.31. The molecule has 1 saturated carbocycles. The summed E-state index contributed by atoms with van der Waals surface area (Å²) < 4.78 is 27.6. The van der Waals surface area contributed by atoms with E-state index in [0.717, 1.165) is 44.1 Å². The van der Waals surface area contributed by atoms with Crippen LogP contribution in [0.15, 0.2) is 53.4 Å². The molecule has 2 aliphatic rings. The largest absolute Gasteiger partial charge is 0.348 e. The molecule has 0 atom stereocenters. The van der Waals surface area contributed by atoms with Gasteiger partial charge in [0.05, 0.1) is 4.90 Å². The van der Waals surface area contributed by atoms with Gasteiger partial charge in [0.15, 0.2) is 0 Å². The summed E-state index contributed by atoms with van der Waals surface area (Å²) in [5, 5.41) is 5.74. The van der Waals surface area contributed by atoms with Crippen molar-refractivity contribution in [3.63, 3.8) is 0 Å². The molecule has 2 fully saturated rings.